The Morgan fingerprint density at radius 1 is 1.30 bits per heavy atom. The smallest absolute Gasteiger partial charge is 0.241 e. The number of benzene rings is 1. The number of carbonyl (C=O) groups is 1. The molecule has 0 spiro atoms. The van der Waals surface area contributed by atoms with Crippen LogP contribution in [0.15, 0.2) is 24.3 Å². The Balaban J connectivity index is 0.00000200. The van der Waals surface area contributed by atoms with Gasteiger partial charge in [-0.05, 0) is 36.7 Å². The van der Waals surface area contributed by atoms with Crippen LogP contribution in [-0.4, -0.2) is 12.5 Å². The Bertz CT molecular complexity index is 452. The first-order valence-corrected chi connectivity index (χ1v) is 7.04. The van der Waals surface area contributed by atoms with Gasteiger partial charge in [0.15, 0.2) is 0 Å². The standard InChI is InChI=1S/C16H24N2O.ClH/c1-11(2)16(8-9-16)10-18-15(19)14(17)13-6-4-12(3)5-7-13;/h4-7,11,14H,8-10,17H2,1-3H3,(H,18,19);1H. The van der Waals surface area contributed by atoms with E-state index in [9.17, 15) is 4.79 Å². The minimum absolute atomic E-state index is 0. The Morgan fingerprint density at radius 3 is 2.30 bits per heavy atom. The van der Waals surface area contributed by atoms with E-state index >= 15 is 0 Å². The molecule has 1 saturated carbocycles. The van der Waals surface area contributed by atoms with Crippen LogP contribution in [-0.2, 0) is 4.79 Å². The molecule has 0 saturated heterocycles. The molecule has 1 amide bonds. The molecule has 0 aromatic heterocycles. The SMILES string of the molecule is Cc1ccc(C(N)C(=O)NCC2(C(C)C)CC2)cc1.Cl. The Labute approximate surface area is 127 Å². The lowest BCUT2D eigenvalue weighted by molar-refractivity contribution is -0.122. The lowest BCUT2D eigenvalue weighted by atomic mass is 9.92. The second-order valence-electron chi connectivity index (χ2n) is 6.12. The van der Waals surface area contributed by atoms with E-state index in [0.29, 0.717) is 11.3 Å². The quantitative estimate of drug-likeness (QED) is 0.878. The lowest BCUT2D eigenvalue weighted by Crippen LogP contribution is -2.38. The van der Waals surface area contributed by atoms with Crippen molar-refractivity contribution in [3.05, 3.63) is 35.4 Å². The molecule has 1 fully saturated rings. The van der Waals surface area contributed by atoms with Crippen LogP contribution in [0, 0.1) is 18.3 Å². The molecule has 2 rings (SSSR count). The number of hydrogen-bond acceptors (Lipinski definition) is 2. The maximum Gasteiger partial charge on any atom is 0.241 e. The molecule has 112 valence electrons. The minimum atomic E-state index is -0.566. The van der Waals surface area contributed by atoms with Crippen molar-refractivity contribution in [1.82, 2.24) is 5.32 Å². The van der Waals surface area contributed by atoms with E-state index in [0.717, 1.165) is 12.1 Å². The van der Waals surface area contributed by atoms with E-state index in [1.165, 1.54) is 18.4 Å². The molecule has 0 bridgehead atoms. The van der Waals surface area contributed by atoms with E-state index in [1.54, 1.807) is 0 Å². The molecule has 1 unspecified atom stereocenters. The summed E-state index contributed by atoms with van der Waals surface area (Å²) in [6.45, 7) is 7.22. The third kappa shape index (κ3) is 3.74. The van der Waals surface area contributed by atoms with Crippen molar-refractivity contribution < 1.29 is 4.79 Å². The molecule has 20 heavy (non-hydrogen) atoms. The zero-order chi connectivity index (χ0) is 14.0. The topological polar surface area (TPSA) is 55.1 Å². The van der Waals surface area contributed by atoms with E-state index in [-0.39, 0.29) is 18.3 Å². The van der Waals surface area contributed by atoms with Crippen LogP contribution in [0.3, 0.4) is 0 Å². The van der Waals surface area contributed by atoms with E-state index in [4.69, 9.17) is 5.73 Å². The molecule has 0 aliphatic heterocycles. The summed E-state index contributed by atoms with van der Waals surface area (Å²) in [5.74, 6) is 0.541. The van der Waals surface area contributed by atoms with Gasteiger partial charge in [0.25, 0.3) is 0 Å². The van der Waals surface area contributed by atoms with Crippen molar-refractivity contribution in [2.75, 3.05) is 6.54 Å². The fourth-order valence-corrected chi connectivity index (χ4v) is 2.42. The number of carbonyl (C=O) groups excluding carboxylic acids is 1. The summed E-state index contributed by atoms with van der Waals surface area (Å²) >= 11 is 0. The number of aryl methyl sites for hydroxylation is 1. The van der Waals surface area contributed by atoms with E-state index in [2.05, 4.69) is 19.2 Å². The van der Waals surface area contributed by atoms with Crippen LogP contribution in [0.1, 0.15) is 43.9 Å². The molecule has 1 aromatic carbocycles. The van der Waals surface area contributed by atoms with Gasteiger partial charge in [0.1, 0.15) is 6.04 Å². The number of rotatable bonds is 5. The predicted octanol–water partition coefficient (Wildman–Crippen LogP) is 2.97. The molecule has 1 aliphatic carbocycles. The number of amides is 1. The fourth-order valence-electron chi connectivity index (χ4n) is 2.42. The molecule has 1 atom stereocenters. The van der Waals surface area contributed by atoms with Crippen LogP contribution in [0.5, 0.6) is 0 Å². The first-order chi connectivity index (χ1) is 8.94. The molecule has 0 radical (unpaired) electrons. The molecule has 0 heterocycles. The molecule has 3 N–H and O–H groups in total. The fraction of sp³-hybridized carbons (Fsp3) is 0.562. The van der Waals surface area contributed by atoms with E-state index in [1.807, 2.05) is 31.2 Å². The van der Waals surface area contributed by atoms with Crippen molar-refractivity contribution in [2.24, 2.45) is 17.1 Å². The summed E-state index contributed by atoms with van der Waals surface area (Å²) < 4.78 is 0. The summed E-state index contributed by atoms with van der Waals surface area (Å²) in [5.41, 5.74) is 8.37. The highest BCUT2D eigenvalue weighted by atomic mass is 35.5. The van der Waals surface area contributed by atoms with Crippen LogP contribution in [0.25, 0.3) is 0 Å². The van der Waals surface area contributed by atoms with Gasteiger partial charge >= 0.3 is 0 Å². The Kier molecular flexibility index (Phi) is 5.60. The first kappa shape index (κ1) is 17.0. The van der Waals surface area contributed by atoms with Crippen molar-refractivity contribution >= 4 is 18.3 Å². The van der Waals surface area contributed by atoms with E-state index < -0.39 is 6.04 Å². The zero-order valence-corrected chi connectivity index (χ0v) is 13.3. The summed E-state index contributed by atoms with van der Waals surface area (Å²) in [5, 5.41) is 3.02. The van der Waals surface area contributed by atoms with Gasteiger partial charge in [0.05, 0.1) is 0 Å². The minimum Gasteiger partial charge on any atom is -0.354 e. The third-order valence-corrected chi connectivity index (χ3v) is 4.45. The molecular weight excluding hydrogens is 272 g/mol. The van der Waals surface area contributed by atoms with Crippen molar-refractivity contribution in [2.45, 2.75) is 39.7 Å². The van der Waals surface area contributed by atoms with Crippen LogP contribution in [0.2, 0.25) is 0 Å². The van der Waals surface area contributed by atoms with Crippen LogP contribution in [0.4, 0.5) is 0 Å². The maximum atomic E-state index is 12.1. The Hall–Kier alpha value is -1.06. The van der Waals surface area contributed by atoms with Gasteiger partial charge in [-0.15, -0.1) is 12.4 Å². The van der Waals surface area contributed by atoms with Crippen molar-refractivity contribution in [1.29, 1.82) is 0 Å². The van der Waals surface area contributed by atoms with Crippen molar-refractivity contribution in [3.8, 4) is 0 Å². The normalized spacial score (nSPS) is 17.2. The van der Waals surface area contributed by atoms with Gasteiger partial charge in [-0.3, -0.25) is 4.79 Å². The molecular formula is C16H25ClN2O. The highest BCUT2D eigenvalue weighted by molar-refractivity contribution is 5.85. The summed E-state index contributed by atoms with van der Waals surface area (Å²) in [6.07, 6.45) is 2.43. The zero-order valence-electron chi connectivity index (χ0n) is 12.5. The number of hydrogen-bond donors (Lipinski definition) is 2. The van der Waals surface area contributed by atoms with Crippen LogP contribution >= 0.6 is 12.4 Å². The average molecular weight is 297 g/mol. The van der Waals surface area contributed by atoms with Crippen molar-refractivity contribution in [3.63, 3.8) is 0 Å². The highest BCUT2D eigenvalue weighted by Gasteiger charge is 2.45. The van der Waals surface area contributed by atoms with Crippen LogP contribution < -0.4 is 11.1 Å². The Morgan fingerprint density at radius 2 is 1.85 bits per heavy atom. The maximum absolute atomic E-state index is 12.1. The van der Waals surface area contributed by atoms with Gasteiger partial charge in [-0.2, -0.15) is 0 Å². The largest absolute Gasteiger partial charge is 0.354 e. The summed E-state index contributed by atoms with van der Waals surface area (Å²) in [7, 11) is 0. The molecule has 1 aromatic rings. The highest BCUT2D eigenvalue weighted by Crippen LogP contribution is 2.51. The molecule has 3 nitrogen and oxygen atoms in total. The number of halogens is 1. The number of nitrogens with two attached hydrogens (primary N) is 1. The monoisotopic (exact) mass is 296 g/mol. The van der Waals surface area contributed by atoms with Gasteiger partial charge in [-0.1, -0.05) is 43.7 Å². The predicted molar refractivity (Wildman–Crippen MR) is 84.9 cm³/mol. The number of nitrogens with one attached hydrogen (secondary N) is 1. The third-order valence-electron chi connectivity index (χ3n) is 4.45. The van der Waals surface area contributed by atoms with Gasteiger partial charge < -0.3 is 11.1 Å². The molecule has 1 aliphatic rings. The van der Waals surface area contributed by atoms with Gasteiger partial charge in [-0.25, -0.2) is 0 Å². The average Bonchev–Trinajstić information content (AvgIpc) is 3.17. The van der Waals surface area contributed by atoms with Gasteiger partial charge in [0, 0.05) is 6.54 Å². The second-order valence-corrected chi connectivity index (χ2v) is 6.12. The lowest BCUT2D eigenvalue weighted by Gasteiger charge is -2.21. The summed E-state index contributed by atoms with van der Waals surface area (Å²) in [4.78, 5) is 12.1. The first-order valence-electron chi connectivity index (χ1n) is 7.04. The second kappa shape index (κ2) is 6.59. The summed E-state index contributed by atoms with van der Waals surface area (Å²) in [6, 6.07) is 7.26. The molecule has 4 heteroatoms. The van der Waals surface area contributed by atoms with Gasteiger partial charge in [0.2, 0.25) is 5.91 Å².